The van der Waals surface area contributed by atoms with Crippen molar-refractivity contribution in [2.75, 3.05) is 6.54 Å². The predicted octanol–water partition coefficient (Wildman–Crippen LogP) is 3.05. The number of aromatic nitrogens is 2. The van der Waals surface area contributed by atoms with Crippen LogP contribution in [0.1, 0.15) is 18.1 Å². The van der Waals surface area contributed by atoms with Crippen molar-refractivity contribution in [3.05, 3.63) is 47.8 Å². The molecule has 3 nitrogen and oxygen atoms in total. The molecule has 0 aliphatic carbocycles. The number of hydrogen-bond donors (Lipinski definition) is 1. The highest BCUT2D eigenvalue weighted by Crippen LogP contribution is 2.27. The van der Waals surface area contributed by atoms with E-state index in [2.05, 4.69) is 47.3 Å². The van der Waals surface area contributed by atoms with Gasteiger partial charge in [-0.05, 0) is 48.5 Å². The molecule has 1 heterocycles. The number of rotatable bonds is 5. The molecule has 1 N–H and O–H groups in total. The summed E-state index contributed by atoms with van der Waals surface area (Å²) in [6, 6.07) is 8.34. The Hall–Kier alpha value is -1.39. The molecule has 2 rings (SSSR count). The standard InChI is InChI=1S/C14H17N3S/c1-3-15-10-12-5-6-13(11(2)9-12)18-14-16-7-4-8-17-14/h4-9,15H,3,10H2,1-2H3. The van der Waals surface area contributed by atoms with E-state index in [1.807, 2.05) is 6.07 Å². The van der Waals surface area contributed by atoms with Crippen LogP contribution >= 0.6 is 11.8 Å². The molecule has 0 aliphatic rings. The average molecular weight is 259 g/mol. The Bertz CT molecular complexity index is 500. The largest absolute Gasteiger partial charge is 0.313 e. The molecule has 0 saturated carbocycles. The van der Waals surface area contributed by atoms with Crippen LogP contribution in [0, 0.1) is 6.92 Å². The summed E-state index contributed by atoms with van der Waals surface area (Å²) in [6.07, 6.45) is 3.54. The van der Waals surface area contributed by atoms with Gasteiger partial charge in [-0.25, -0.2) is 9.97 Å². The van der Waals surface area contributed by atoms with Gasteiger partial charge in [0.1, 0.15) is 0 Å². The fraction of sp³-hybridized carbons (Fsp3) is 0.286. The lowest BCUT2D eigenvalue weighted by Crippen LogP contribution is -2.11. The molecule has 4 heteroatoms. The lowest BCUT2D eigenvalue weighted by molar-refractivity contribution is 0.726. The van der Waals surface area contributed by atoms with Crippen molar-refractivity contribution < 1.29 is 0 Å². The lowest BCUT2D eigenvalue weighted by Gasteiger charge is -2.07. The van der Waals surface area contributed by atoms with Crippen LogP contribution in [-0.2, 0) is 6.54 Å². The summed E-state index contributed by atoms with van der Waals surface area (Å²) >= 11 is 1.60. The zero-order valence-electron chi connectivity index (χ0n) is 10.7. The van der Waals surface area contributed by atoms with Gasteiger partial charge in [-0.3, -0.25) is 0 Å². The van der Waals surface area contributed by atoms with E-state index < -0.39 is 0 Å². The molecule has 0 saturated heterocycles. The first kappa shape index (κ1) is 13.1. The van der Waals surface area contributed by atoms with Gasteiger partial charge >= 0.3 is 0 Å². The Morgan fingerprint density at radius 2 is 2.00 bits per heavy atom. The Balaban J connectivity index is 2.10. The summed E-state index contributed by atoms with van der Waals surface area (Å²) < 4.78 is 0. The van der Waals surface area contributed by atoms with Crippen LogP contribution in [0.4, 0.5) is 0 Å². The Kier molecular flexibility index (Phi) is 4.73. The fourth-order valence-electron chi connectivity index (χ4n) is 1.64. The maximum atomic E-state index is 4.23. The lowest BCUT2D eigenvalue weighted by atomic mass is 10.1. The number of hydrogen-bond acceptors (Lipinski definition) is 4. The van der Waals surface area contributed by atoms with E-state index >= 15 is 0 Å². The highest BCUT2D eigenvalue weighted by Gasteiger charge is 2.04. The Morgan fingerprint density at radius 1 is 1.22 bits per heavy atom. The predicted molar refractivity (Wildman–Crippen MR) is 74.7 cm³/mol. The molecule has 1 aromatic carbocycles. The molecule has 0 unspecified atom stereocenters. The van der Waals surface area contributed by atoms with Crippen LogP contribution in [0.5, 0.6) is 0 Å². The summed E-state index contributed by atoms with van der Waals surface area (Å²) in [5, 5.41) is 4.12. The third-order valence-corrected chi connectivity index (χ3v) is 3.63. The third kappa shape index (κ3) is 3.55. The van der Waals surface area contributed by atoms with Gasteiger partial charge in [-0.15, -0.1) is 0 Å². The zero-order chi connectivity index (χ0) is 12.8. The second kappa shape index (κ2) is 6.52. The van der Waals surface area contributed by atoms with Crippen LogP contribution in [0.15, 0.2) is 46.7 Å². The van der Waals surface area contributed by atoms with Crippen LogP contribution in [0.3, 0.4) is 0 Å². The smallest absolute Gasteiger partial charge is 0.192 e. The van der Waals surface area contributed by atoms with E-state index in [0.29, 0.717) is 0 Å². The first-order valence-electron chi connectivity index (χ1n) is 6.04. The molecule has 0 spiro atoms. The molecule has 94 valence electrons. The molecule has 0 fully saturated rings. The molecule has 0 amide bonds. The normalized spacial score (nSPS) is 10.6. The van der Waals surface area contributed by atoms with Crippen molar-refractivity contribution in [2.45, 2.75) is 30.4 Å². The highest BCUT2D eigenvalue weighted by atomic mass is 32.2. The molecule has 0 radical (unpaired) electrons. The van der Waals surface area contributed by atoms with Gasteiger partial charge in [-0.2, -0.15) is 0 Å². The minimum Gasteiger partial charge on any atom is -0.313 e. The monoisotopic (exact) mass is 259 g/mol. The van der Waals surface area contributed by atoms with Crippen molar-refractivity contribution in [3.63, 3.8) is 0 Å². The summed E-state index contributed by atoms with van der Waals surface area (Å²) in [7, 11) is 0. The Morgan fingerprint density at radius 3 is 2.67 bits per heavy atom. The van der Waals surface area contributed by atoms with Crippen LogP contribution in [0.25, 0.3) is 0 Å². The van der Waals surface area contributed by atoms with Gasteiger partial charge in [0.15, 0.2) is 5.16 Å². The number of benzene rings is 1. The molecular weight excluding hydrogens is 242 g/mol. The molecule has 0 atom stereocenters. The van der Waals surface area contributed by atoms with Crippen LogP contribution in [0.2, 0.25) is 0 Å². The fourth-order valence-corrected chi connectivity index (χ4v) is 2.42. The summed E-state index contributed by atoms with van der Waals surface area (Å²) in [5.74, 6) is 0. The quantitative estimate of drug-likeness (QED) is 0.838. The molecule has 2 aromatic rings. The zero-order valence-corrected chi connectivity index (χ0v) is 11.5. The van der Waals surface area contributed by atoms with Crippen molar-refractivity contribution >= 4 is 11.8 Å². The van der Waals surface area contributed by atoms with Gasteiger partial charge in [0.25, 0.3) is 0 Å². The highest BCUT2D eigenvalue weighted by molar-refractivity contribution is 7.99. The van der Waals surface area contributed by atoms with E-state index in [9.17, 15) is 0 Å². The van der Waals surface area contributed by atoms with Crippen molar-refractivity contribution in [1.82, 2.24) is 15.3 Å². The second-order valence-corrected chi connectivity index (χ2v) is 5.02. The molecule has 1 aromatic heterocycles. The minimum atomic E-state index is 0.792. The molecule has 0 bridgehead atoms. The third-order valence-electron chi connectivity index (χ3n) is 2.56. The first-order chi connectivity index (χ1) is 8.79. The topological polar surface area (TPSA) is 37.8 Å². The van der Waals surface area contributed by atoms with E-state index in [1.54, 1.807) is 24.2 Å². The summed E-state index contributed by atoms with van der Waals surface area (Å²) in [4.78, 5) is 9.66. The number of nitrogens with one attached hydrogen (secondary N) is 1. The average Bonchev–Trinajstić information content (AvgIpc) is 2.40. The van der Waals surface area contributed by atoms with E-state index in [0.717, 1.165) is 18.2 Å². The Labute approximate surface area is 112 Å². The second-order valence-electron chi connectivity index (χ2n) is 4.01. The first-order valence-corrected chi connectivity index (χ1v) is 6.86. The van der Waals surface area contributed by atoms with Crippen molar-refractivity contribution in [3.8, 4) is 0 Å². The minimum absolute atomic E-state index is 0.792. The van der Waals surface area contributed by atoms with Crippen LogP contribution < -0.4 is 5.32 Å². The summed E-state index contributed by atoms with van der Waals surface area (Å²) in [5.41, 5.74) is 2.58. The van der Waals surface area contributed by atoms with Gasteiger partial charge in [0.2, 0.25) is 0 Å². The van der Waals surface area contributed by atoms with Crippen molar-refractivity contribution in [2.24, 2.45) is 0 Å². The maximum absolute atomic E-state index is 4.23. The van der Waals surface area contributed by atoms with Gasteiger partial charge < -0.3 is 5.32 Å². The SMILES string of the molecule is CCNCc1ccc(Sc2ncccn2)c(C)c1. The van der Waals surface area contributed by atoms with E-state index in [1.165, 1.54) is 16.0 Å². The van der Waals surface area contributed by atoms with E-state index in [-0.39, 0.29) is 0 Å². The molecular formula is C14H17N3S. The molecule has 18 heavy (non-hydrogen) atoms. The van der Waals surface area contributed by atoms with Crippen LogP contribution in [-0.4, -0.2) is 16.5 Å². The number of nitrogens with zero attached hydrogens (tertiary/aromatic N) is 2. The van der Waals surface area contributed by atoms with E-state index in [4.69, 9.17) is 0 Å². The van der Waals surface area contributed by atoms with Gasteiger partial charge in [-0.1, -0.05) is 19.1 Å². The maximum Gasteiger partial charge on any atom is 0.192 e. The van der Waals surface area contributed by atoms with Gasteiger partial charge in [0, 0.05) is 23.8 Å². The van der Waals surface area contributed by atoms with Crippen molar-refractivity contribution in [1.29, 1.82) is 0 Å². The number of aryl methyl sites for hydroxylation is 1. The molecule has 0 aliphatic heterocycles. The van der Waals surface area contributed by atoms with Gasteiger partial charge in [0.05, 0.1) is 0 Å². The summed E-state index contributed by atoms with van der Waals surface area (Å²) in [6.45, 7) is 6.15.